The van der Waals surface area contributed by atoms with Crippen LogP contribution in [0.25, 0.3) is 0 Å². The Morgan fingerprint density at radius 3 is 2.68 bits per heavy atom. The molecule has 3 unspecified atom stereocenters. The fourth-order valence-electron chi connectivity index (χ4n) is 7.68. The molecule has 1 aliphatic heterocycles. The predicted octanol–water partition coefficient (Wildman–Crippen LogP) is 3.37. The van der Waals surface area contributed by atoms with Crippen molar-refractivity contribution < 1.29 is 34.1 Å². The summed E-state index contributed by atoms with van der Waals surface area (Å²) in [6.07, 6.45) is 9.64. The second-order valence-corrected chi connectivity index (χ2v) is 12.2. The van der Waals surface area contributed by atoms with Gasteiger partial charge in [0.05, 0.1) is 25.7 Å². The number of methoxy groups -OCH3 is 1. The molecule has 2 amide bonds. The molecular weight excluding hydrogens is 524 g/mol. The number of nitrogens with one attached hydrogen (secondary N) is 1. The molecule has 9 nitrogen and oxygen atoms in total. The molecule has 0 radical (unpaired) electrons. The fraction of sp³-hybridized carbons (Fsp3) is 0.656. The van der Waals surface area contributed by atoms with E-state index in [1.807, 2.05) is 0 Å². The van der Waals surface area contributed by atoms with Gasteiger partial charge in [-0.05, 0) is 61.6 Å². The molecule has 3 N–H and O–H groups in total. The summed E-state index contributed by atoms with van der Waals surface area (Å²) in [5, 5.41) is 23.9. The zero-order chi connectivity index (χ0) is 29.1. The maximum absolute atomic E-state index is 14.0. The number of hydrogen-bond donors (Lipinski definition) is 3. The van der Waals surface area contributed by atoms with Gasteiger partial charge < -0.3 is 29.9 Å². The van der Waals surface area contributed by atoms with Gasteiger partial charge in [0, 0.05) is 36.2 Å². The van der Waals surface area contributed by atoms with Gasteiger partial charge >= 0.3 is 0 Å². The Labute approximate surface area is 242 Å². The highest BCUT2D eigenvalue weighted by Gasteiger charge is 2.52. The number of fused-ring (bicyclic) bond motifs is 5. The number of hydrogen-bond acceptors (Lipinski definition) is 7. The Balaban J connectivity index is 1.49. The van der Waals surface area contributed by atoms with Gasteiger partial charge in [0.2, 0.25) is 11.8 Å². The Kier molecular flexibility index (Phi) is 9.34. The number of rotatable bonds is 13. The predicted molar refractivity (Wildman–Crippen MR) is 153 cm³/mol. The van der Waals surface area contributed by atoms with Crippen LogP contribution in [0.3, 0.4) is 0 Å². The highest BCUT2D eigenvalue weighted by Crippen LogP contribution is 2.52. The molecule has 224 valence electrons. The molecule has 1 heterocycles. The maximum Gasteiger partial charge on any atom is 0.247 e. The van der Waals surface area contributed by atoms with Crippen molar-refractivity contribution in [3.63, 3.8) is 0 Å². The van der Waals surface area contributed by atoms with Gasteiger partial charge in [0.1, 0.15) is 18.5 Å². The number of carbonyl (C=O) groups excluding carboxylic acids is 3. The lowest BCUT2D eigenvalue weighted by molar-refractivity contribution is -0.138. The molecule has 4 aliphatic rings. The number of nitrogens with zero attached hydrogens (tertiary/aromatic N) is 1. The third kappa shape index (κ3) is 5.89. The largest absolute Gasteiger partial charge is 0.493 e. The van der Waals surface area contributed by atoms with Crippen molar-refractivity contribution in [3.05, 3.63) is 34.9 Å². The third-order valence-electron chi connectivity index (χ3n) is 9.67. The molecule has 0 aromatic heterocycles. The molecule has 9 heteroatoms. The summed E-state index contributed by atoms with van der Waals surface area (Å²) in [4.78, 5) is 41.0. The first-order valence-corrected chi connectivity index (χ1v) is 15.3. The van der Waals surface area contributed by atoms with E-state index in [0.29, 0.717) is 59.3 Å². The number of benzene rings is 1. The quantitative estimate of drug-likeness (QED) is 0.246. The molecule has 41 heavy (non-hydrogen) atoms. The molecule has 7 atom stereocenters. The first-order chi connectivity index (χ1) is 19.9. The van der Waals surface area contributed by atoms with Crippen LogP contribution in [0.15, 0.2) is 23.8 Å². The summed E-state index contributed by atoms with van der Waals surface area (Å²) >= 11 is 0. The van der Waals surface area contributed by atoms with E-state index in [1.54, 1.807) is 23.1 Å². The monoisotopic (exact) mass is 568 g/mol. The lowest BCUT2D eigenvalue weighted by atomic mass is 9.77. The number of carbonyl (C=O) groups is 3. The number of unbranched alkanes of at least 4 members (excludes halogenated alkanes) is 3. The second kappa shape index (κ2) is 12.9. The van der Waals surface area contributed by atoms with Crippen molar-refractivity contribution in [3.8, 4) is 11.5 Å². The highest BCUT2D eigenvalue weighted by molar-refractivity contribution is 5.96. The topological polar surface area (TPSA) is 125 Å². The molecule has 1 aromatic rings. The van der Waals surface area contributed by atoms with Gasteiger partial charge in [-0.1, -0.05) is 32.6 Å². The van der Waals surface area contributed by atoms with Crippen molar-refractivity contribution >= 4 is 18.1 Å². The van der Waals surface area contributed by atoms with Crippen molar-refractivity contribution in [2.24, 2.45) is 17.8 Å². The van der Waals surface area contributed by atoms with Crippen molar-refractivity contribution in [1.82, 2.24) is 10.2 Å². The summed E-state index contributed by atoms with van der Waals surface area (Å²) in [5.74, 6) is 1.41. The van der Waals surface area contributed by atoms with Crippen LogP contribution in [0.4, 0.5) is 0 Å². The van der Waals surface area contributed by atoms with Gasteiger partial charge in [-0.15, -0.1) is 0 Å². The summed E-state index contributed by atoms with van der Waals surface area (Å²) < 4.78 is 11.8. The zero-order valence-corrected chi connectivity index (χ0v) is 24.2. The van der Waals surface area contributed by atoms with E-state index < -0.39 is 30.1 Å². The summed E-state index contributed by atoms with van der Waals surface area (Å²) in [7, 11) is 1.48. The first kappa shape index (κ1) is 29.6. The third-order valence-corrected chi connectivity index (χ3v) is 9.67. The van der Waals surface area contributed by atoms with Gasteiger partial charge in [0.25, 0.3) is 0 Å². The van der Waals surface area contributed by atoms with Gasteiger partial charge in [-0.3, -0.25) is 14.4 Å². The number of aliphatic hydroxyl groups is 2. The van der Waals surface area contributed by atoms with E-state index in [2.05, 4.69) is 12.2 Å². The molecular formula is C32H44N2O7. The normalized spacial score (nSPS) is 29.3. The highest BCUT2D eigenvalue weighted by atomic mass is 16.5. The summed E-state index contributed by atoms with van der Waals surface area (Å²) in [6.45, 7) is 2.48. The number of amides is 2. The van der Waals surface area contributed by atoms with Crippen LogP contribution in [0.2, 0.25) is 0 Å². The molecule has 3 aliphatic carbocycles. The molecule has 2 bridgehead atoms. The second-order valence-electron chi connectivity index (χ2n) is 12.2. The molecule has 5 rings (SSSR count). The van der Waals surface area contributed by atoms with E-state index in [9.17, 15) is 24.6 Å². The maximum atomic E-state index is 14.0. The van der Waals surface area contributed by atoms with E-state index in [-0.39, 0.29) is 19.1 Å². The van der Waals surface area contributed by atoms with Crippen LogP contribution in [0.5, 0.6) is 11.5 Å². The summed E-state index contributed by atoms with van der Waals surface area (Å²) in [6, 6.07) is 2.49. The minimum Gasteiger partial charge on any atom is -0.493 e. The van der Waals surface area contributed by atoms with E-state index in [4.69, 9.17) is 9.47 Å². The fourth-order valence-corrected chi connectivity index (χ4v) is 7.68. The minimum atomic E-state index is -1.10. The SMILES string of the molecule is CCCCCCN(C(=O)CC1CC2CCC1C2)[C@@H]1C=C(C(=O)NCCO)[C@@H]2c3cc(C=O)cc(OC)c3O[C@@H]2[C@H]1O. The van der Waals surface area contributed by atoms with Gasteiger partial charge in [0.15, 0.2) is 11.5 Å². The molecule has 0 spiro atoms. The van der Waals surface area contributed by atoms with Crippen LogP contribution in [-0.2, 0) is 9.59 Å². The van der Waals surface area contributed by atoms with Gasteiger partial charge in [-0.2, -0.15) is 0 Å². The Bertz CT molecular complexity index is 1170. The van der Waals surface area contributed by atoms with Crippen molar-refractivity contribution in [2.45, 2.75) is 88.9 Å². The Hall–Kier alpha value is -2.91. The first-order valence-electron chi connectivity index (χ1n) is 15.3. The van der Waals surface area contributed by atoms with Crippen LogP contribution >= 0.6 is 0 Å². The van der Waals surface area contributed by atoms with Gasteiger partial charge in [-0.25, -0.2) is 0 Å². The zero-order valence-electron chi connectivity index (χ0n) is 24.2. The van der Waals surface area contributed by atoms with E-state index in [1.165, 1.54) is 26.4 Å². The van der Waals surface area contributed by atoms with Crippen LogP contribution in [-0.4, -0.2) is 78.3 Å². The molecule has 0 saturated heterocycles. The van der Waals surface area contributed by atoms with Crippen LogP contribution < -0.4 is 14.8 Å². The van der Waals surface area contributed by atoms with Crippen molar-refractivity contribution in [1.29, 1.82) is 0 Å². The Morgan fingerprint density at radius 1 is 1.20 bits per heavy atom. The summed E-state index contributed by atoms with van der Waals surface area (Å²) in [5.41, 5.74) is 1.31. The van der Waals surface area contributed by atoms with Crippen molar-refractivity contribution in [2.75, 3.05) is 26.8 Å². The molecule has 1 aromatic carbocycles. The molecule has 2 fully saturated rings. The van der Waals surface area contributed by atoms with Crippen LogP contribution in [0, 0.1) is 17.8 Å². The smallest absolute Gasteiger partial charge is 0.247 e. The lowest BCUT2D eigenvalue weighted by Gasteiger charge is -2.41. The number of aldehydes is 1. The average molecular weight is 569 g/mol. The molecule has 2 saturated carbocycles. The van der Waals surface area contributed by atoms with E-state index >= 15 is 0 Å². The lowest BCUT2D eigenvalue weighted by Crippen LogP contribution is -2.56. The van der Waals surface area contributed by atoms with Crippen LogP contribution in [0.1, 0.15) is 86.6 Å². The number of aliphatic hydroxyl groups excluding tert-OH is 2. The minimum absolute atomic E-state index is 0.0178. The standard InChI is InChI=1S/C32H44N2O7/c1-3-4-5-6-10-34(27(37)16-22-13-19-7-8-21(22)12-19)25-17-24(32(39)33-9-11-35)28-23-14-20(18-36)15-26(40-2)30(23)41-31(28)29(25)38/h14-15,17-19,21-22,25,28-29,31,35,38H,3-13,16H2,1-2H3,(H,33,39)/t19?,21?,22?,25-,28+,29+,31+/m1/s1. The average Bonchev–Trinajstić information content (AvgIpc) is 3.71. The number of ether oxygens (including phenoxy) is 2. The Morgan fingerprint density at radius 2 is 2.02 bits per heavy atom. The van der Waals surface area contributed by atoms with E-state index in [0.717, 1.165) is 38.0 Å².